The van der Waals surface area contributed by atoms with Crippen molar-refractivity contribution in [1.82, 2.24) is 0 Å². The molecule has 0 aliphatic heterocycles. The van der Waals surface area contributed by atoms with Gasteiger partial charge in [-0.3, -0.25) is 4.79 Å². The first-order valence-corrected chi connectivity index (χ1v) is 4.65. The number of Topliss-reactive ketones (excluding diaryl/α,β-unsaturated/α-hetero) is 1. The molecule has 0 atom stereocenters. The molecule has 1 aromatic rings. The van der Waals surface area contributed by atoms with Crippen LogP contribution >= 0.6 is 0 Å². The molecule has 84 valence electrons. The maximum atomic E-state index is 11.9. The Hall–Kier alpha value is -1.89. The minimum Gasteiger partial charge on any atom is -0.435 e. The molecule has 0 spiro atoms. The normalized spacial score (nSPS) is 9.88. The van der Waals surface area contributed by atoms with Crippen LogP contribution in [0, 0.1) is 12.3 Å². The molecule has 16 heavy (non-hydrogen) atoms. The van der Waals surface area contributed by atoms with Crippen LogP contribution in [0.3, 0.4) is 0 Å². The number of benzene rings is 1. The molecule has 0 aliphatic carbocycles. The number of carbonyl (C=O) groups is 1. The summed E-state index contributed by atoms with van der Waals surface area (Å²) in [6, 6.07) is 5.67. The van der Waals surface area contributed by atoms with Gasteiger partial charge in [-0.25, -0.2) is 0 Å². The third kappa shape index (κ3) is 3.70. The maximum absolute atomic E-state index is 11.9. The number of carbonyl (C=O) groups excluding carboxylic acids is 1. The van der Waals surface area contributed by atoms with E-state index < -0.39 is 6.61 Å². The van der Waals surface area contributed by atoms with Gasteiger partial charge in [0, 0.05) is 18.4 Å². The molecule has 0 radical (unpaired) electrons. The highest BCUT2D eigenvalue weighted by atomic mass is 19.3. The Morgan fingerprint density at radius 2 is 2.25 bits per heavy atom. The molecule has 0 amide bonds. The van der Waals surface area contributed by atoms with Crippen LogP contribution in [0.25, 0.3) is 0 Å². The van der Waals surface area contributed by atoms with Gasteiger partial charge in [0.1, 0.15) is 5.75 Å². The second-order valence-electron chi connectivity index (χ2n) is 3.03. The van der Waals surface area contributed by atoms with E-state index >= 15 is 0 Å². The monoisotopic (exact) mass is 224 g/mol. The molecule has 0 N–H and O–H groups in total. The van der Waals surface area contributed by atoms with Crippen LogP contribution in [0.2, 0.25) is 0 Å². The van der Waals surface area contributed by atoms with E-state index in [4.69, 9.17) is 6.42 Å². The summed E-state index contributed by atoms with van der Waals surface area (Å²) in [5, 5.41) is 0. The van der Waals surface area contributed by atoms with E-state index in [2.05, 4.69) is 10.7 Å². The van der Waals surface area contributed by atoms with Crippen molar-refractivity contribution in [2.75, 3.05) is 0 Å². The Bertz CT molecular complexity index is 408. The highest BCUT2D eigenvalue weighted by Crippen LogP contribution is 2.17. The predicted molar refractivity (Wildman–Crippen MR) is 55.5 cm³/mol. The van der Waals surface area contributed by atoms with Crippen LogP contribution < -0.4 is 4.74 Å². The van der Waals surface area contributed by atoms with Gasteiger partial charge >= 0.3 is 6.61 Å². The van der Waals surface area contributed by atoms with Crippen molar-refractivity contribution in [2.24, 2.45) is 0 Å². The number of halogens is 2. The largest absolute Gasteiger partial charge is 0.435 e. The van der Waals surface area contributed by atoms with E-state index in [1.54, 1.807) is 0 Å². The van der Waals surface area contributed by atoms with E-state index in [0.29, 0.717) is 12.0 Å². The van der Waals surface area contributed by atoms with Gasteiger partial charge in [0.05, 0.1) is 0 Å². The average molecular weight is 224 g/mol. The number of alkyl halides is 2. The molecule has 4 heteroatoms. The SMILES string of the molecule is C#CCCC(=O)c1cccc(OC(F)F)c1. The summed E-state index contributed by atoms with van der Waals surface area (Å²) in [5.74, 6) is 2.13. The van der Waals surface area contributed by atoms with Gasteiger partial charge in [0.15, 0.2) is 5.78 Å². The molecule has 0 unspecified atom stereocenters. The third-order valence-electron chi connectivity index (χ3n) is 1.88. The maximum Gasteiger partial charge on any atom is 0.387 e. The number of hydrogen-bond donors (Lipinski definition) is 0. The standard InChI is InChI=1S/C12H10F2O2/c1-2-3-7-11(15)9-5-4-6-10(8-9)16-12(13)14/h1,4-6,8,12H,3,7H2. The van der Waals surface area contributed by atoms with E-state index in [-0.39, 0.29) is 18.0 Å². The molecular weight excluding hydrogens is 214 g/mol. The summed E-state index contributed by atoms with van der Waals surface area (Å²) in [6.07, 6.45) is 5.56. The summed E-state index contributed by atoms with van der Waals surface area (Å²) < 4.78 is 28.0. The third-order valence-corrected chi connectivity index (χ3v) is 1.88. The number of terminal acetylenes is 1. The molecule has 1 aromatic carbocycles. The predicted octanol–water partition coefficient (Wildman–Crippen LogP) is 2.88. The summed E-state index contributed by atoms with van der Waals surface area (Å²) in [4.78, 5) is 11.5. The van der Waals surface area contributed by atoms with Gasteiger partial charge in [-0.2, -0.15) is 8.78 Å². The number of rotatable bonds is 5. The molecular formula is C12H10F2O2. The highest BCUT2D eigenvalue weighted by Gasteiger charge is 2.08. The smallest absolute Gasteiger partial charge is 0.387 e. The van der Waals surface area contributed by atoms with Crippen LogP contribution in [0.5, 0.6) is 5.75 Å². The zero-order valence-corrected chi connectivity index (χ0v) is 8.45. The molecule has 2 nitrogen and oxygen atoms in total. The molecule has 0 bridgehead atoms. The number of hydrogen-bond acceptors (Lipinski definition) is 2. The Kier molecular flexibility index (Phi) is 4.46. The lowest BCUT2D eigenvalue weighted by molar-refractivity contribution is -0.0498. The van der Waals surface area contributed by atoms with Gasteiger partial charge in [0.2, 0.25) is 0 Å². The molecule has 0 heterocycles. The summed E-state index contributed by atoms with van der Waals surface area (Å²) in [7, 11) is 0. The summed E-state index contributed by atoms with van der Waals surface area (Å²) >= 11 is 0. The van der Waals surface area contributed by atoms with Crippen LogP contribution in [-0.4, -0.2) is 12.4 Å². The van der Waals surface area contributed by atoms with Crippen molar-refractivity contribution in [1.29, 1.82) is 0 Å². The molecule has 0 aromatic heterocycles. The van der Waals surface area contributed by atoms with Crippen molar-refractivity contribution < 1.29 is 18.3 Å². The lowest BCUT2D eigenvalue weighted by Crippen LogP contribution is -2.04. The fourth-order valence-corrected chi connectivity index (χ4v) is 1.18. The lowest BCUT2D eigenvalue weighted by atomic mass is 10.1. The minimum absolute atomic E-state index is 0.0263. The summed E-state index contributed by atoms with van der Waals surface area (Å²) in [5.41, 5.74) is 0.327. The first kappa shape index (κ1) is 12.2. The molecule has 0 saturated heterocycles. The first-order chi connectivity index (χ1) is 7.63. The van der Waals surface area contributed by atoms with Crippen LogP contribution in [0.15, 0.2) is 24.3 Å². The quantitative estimate of drug-likeness (QED) is 0.567. The Balaban J connectivity index is 2.74. The average Bonchev–Trinajstić information content (AvgIpc) is 2.25. The van der Waals surface area contributed by atoms with Crippen molar-refractivity contribution in [2.45, 2.75) is 19.5 Å². The van der Waals surface area contributed by atoms with E-state index in [1.807, 2.05) is 0 Å². The number of ketones is 1. The van der Waals surface area contributed by atoms with E-state index in [9.17, 15) is 13.6 Å². The van der Waals surface area contributed by atoms with Crippen LogP contribution in [-0.2, 0) is 0 Å². The second-order valence-corrected chi connectivity index (χ2v) is 3.03. The van der Waals surface area contributed by atoms with Crippen LogP contribution in [0.4, 0.5) is 8.78 Å². The van der Waals surface area contributed by atoms with Crippen molar-refractivity contribution in [3.8, 4) is 18.1 Å². The van der Waals surface area contributed by atoms with E-state index in [0.717, 1.165) is 0 Å². The van der Waals surface area contributed by atoms with Gasteiger partial charge in [-0.15, -0.1) is 12.3 Å². The second kappa shape index (κ2) is 5.86. The summed E-state index contributed by atoms with van der Waals surface area (Å²) in [6.45, 7) is -2.89. The molecule has 0 aliphatic rings. The molecule has 0 fully saturated rings. The topological polar surface area (TPSA) is 26.3 Å². The van der Waals surface area contributed by atoms with Gasteiger partial charge in [-0.05, 0) is 12.1 Å². The molecule has 0 saturated carbocycles. The fourth-order valence-electron chi connectivity index (χ4n) is 1.18. The Labute approximate surface area is 92.2 Å². The molecule has 1 rings (SSSR count). The zero-order valence-electron chi connectivity index (χ0n) is 8.45. The van der Waals surface area contributed by atoms with Gasteiger partial charge < -0.3 is 4.74 Å². The Morgan fingerprint density at radius 3 is 2.88 bits per heavy atom. The zero-order chi connectivity index (χ0) is 12.0. The van der Waals surface area contributed by atoms with Crippen molar-refractivity contribution >= 4 is 5.78 Å². The Morgan fingerprint density at radius 1 is 1.50 bits per heavy atom. The number of ether oxygens (including phenoxy) is 1. The van der Waals surface area contributed by atoms with Crippen LogP contribution in [0.1, 0.15) is 23.2 Å². The van der Waals surface area contributed by atoms with E-state index in [1.165, 1.54) is 24.3 Å². The minimum atomic E-state index is -2.89. The van der Waals surface area contributed by atoms with Gasteiger partial charge in [-0.1, -0.05) is 12.1 Å². The highest BCUT2D eigenvalue weighted by molar-refractivity contribution is 5.96. The fraction of sp³-hybridized carbons (Fsp3) is 0.250. The van der Waals surface area contributed by atoms with Crippen molar-refractivity contribution in [3.63, 3.8) is 0 Å². The lowest BCUT2D eigenvalue weighted by Gasteiger charge is -2.05. The first-order valence-electron chi connectivity index (χ1n) is 4.65. The van der Waals surface area contributed by atoms with Crippen molar-refractivity contribution in [3.05, 3.63) is 29.8 Å². The van der Waals surface area contributed by atoms with Gasteiger partial charge in [0.25, 0.3) is 0 Å².